The summed E-state index contributed by atoms with van der Waals surface area (Å²) in [6.07, 6.45) is 0. The highest BCUT2D eigenvalue weighted by Crippen LogP contribution is 2.42. The molecule has 0 saturated carbocycles. The number of benzene rings is 1. The number of thioether (sulfide) groups is 1. The zero-order chi connectivity index (χ0) is 15.6. The number of carbonyl (C=O) groups is 1. The Bertz CT molecular complexity index is 551. The van der Waals surface area contributed by atoms with Crippen LogP contribution in [0.5, 0.6) is 17.2 Å². The zero-order valence-electron chi connectivity index (χ0n) is 12.3. The zero-order valence-corrected chi connectivity index (χ0v) is 13.9. The van der Waals surface area contributed by atoms with E-state index in [0.717, 1.165) is 5.56 Å². The van der Waals surface area contributed by atoms with Crippen molar-refractivity contribution in [3.05, 3.63) is 17.7 Å². The fourth-order valence-corrected chi connectivity index (χ4v) is 3.57. The van der Waals surface area contributed by atoms with Crippen LogP contribution in [0.2, 0.25) is 0 Å². The van der Waals surface area contributed by atoms with Crippen molar-refractivity contribution in [3.8, 4) is 17.2 Å². The molecule has 0 spiro atoms. The Morgan fingerprint density at radius 1 is 1.19 bits per heavy atom. The van der Waals surface area contributed by atoms with Crippen molar-refractivity contribution in [2.45, 2.75) is 18.1 Å². The summed E-state index contributed by atoms with van der Waals surface area (Å²) >= 11 is 6.41. The minimum atomic E-state index is -0.250. The number of thiocarbonyl (C=S) groups is 1. The van der Waals surface area contributed by atoms with Crippen LogP contribution in [0.1, 0.15) is 18.4 Å². The Balaban J connectivity index is 2.39. The summed E-state index contributed by atoms with van der Waals surface area (Å²) in [5, 5.41) is 2.42. The molecular weight excluding hydrogens is 310 g/mol. The van der Waals surface area contributed by atoms with Gasteiger partial charge in [-0.15, -0.1) is 0 Å². The summed E-state index contributed by atoms with van der Waals surface area (Å²) in [5.41, 5.74) is 0.932. The monoisotopic (exact) mass is 327 g/mol. The second-order valence-corrected chi connectivity index (χ2v) is 6.38. The van der Waals surface area contributed by atoms with Gasteiger partial charge in [0.15, 0.2) is 11.5 Å². The van der Waals surface area contributed by atoms with E-state index < -0.39 is 0 Å². The molecule has 0 radical (unpaired) electrons. The van der Waals surface area contributed by atoms with Crippen LogP contribution in [0.25, 0.3) is 0 Å². The van der Waals surface area contributed by atoms with Crippen LogP contribution in [0.4, 0.5) is 0 Å². The number of hydrogen-bond donors (Lipinski definition) is 1. The van der Waals surface area contributed by atoms with Crippen molar-refractivity contribution >= 4 is 34.2 Å². The normalized spacial score (nSPS) is 19.1. The number of nitrogens with one attached hydrogen (secondary N) is 1. The molecular formula is C14H17NO4S2. The molecule has 2 unspecified atom stereocenters. The molecule has 0 aliphatic carbocycles. The van der Waals surface area contributed by atoms with Crippen LogP contribution in [-0.4, -0.2) is 36.8 Å². The highest BCUT2D eigenvalue weighted by molar-refractivity contribution is 8.24. The van der Waals surface area contributed by atoms with Crippen molar-refractivity contribution < 1.29 is 19.0 Å². The maximum absolute atomic E-state index is 11.9. The minimum Gasteiger partial charge on any atom is -0.493 e. The predicted octanol–water partition coefficient (Wildman–Crippen LogP) is 2.33. The third kappa shape index (κ3) is 3.08. The lowest BCUT2D eigenvalue weighted by Gasteiger charge is -2.20. The van der Waals surface area contributed by atoms with Crippen LogP contribution in [-0.2, 0) is 4.79 Å². The van der Waals surface area contributed by atoms with Gasteiger partial charge in [0.05, 0.1) is 26.6 Å². The molecule has 0 bridgehead atoms. The largest absolute Gasteiger partial charge is 0.493 e. The van der Waals surface area contributed by atoms with Crippen molar-refractivity contribution in [2.75, 3.05) is 21.3 Å². The lowest BCUT2D eigenvalue weighted by atomic mass is 9.96. The molecule has 5 nitrogen and oxygen atoms in total. The molecule has 1 N–H and O–H groups in total. The van der Waals surface area contributed by atoms with Crippen molar-refractivity contribution in [1.29, 1.82) is 0 Å². The predicted molar refractivity (Wildman–Crippen MR) is 86.6 cm³/mol. The van der Waals surface area contributed by atoms with Gasteiger partial charge in [-0.25, -0.2) is 0 Å². The average Bonchev–Trinajstić information content (AvgIpc) is 2.83. The van der Waals surface area contributed by atoms with Gasteiger partial charge in [0.2, 0.25) is 11.7 Å². The number of ether oxygens (including phenoxy) is 3. The first-order chi connectivity index (χ1) is 10.0. The van der Waals surface area contributed by atoms with E-state index >= 15 is 0 Å². The van der Waals surface area contributed by atoms with E-state index in [0.29, 0.717) is 21.6 Å². The Morgan fingerprint density at radius 2 is 1.76 bits per heavy atom. The minimum absolute atomic E-state index is 0.0378. The topological polar surface area (TPSA) is 56.8 Å². The van der Waals surface area contributed by atoms with Gasteiger partial charge in [-0.3, -0.25) is 4.79 Å². The molecule has 1 saturated heterocycles. The first-order valence-corrected chi connectivity index (χ1v) is 7.62. The van der Waals surface area contributed by atoms with E-state index in [1.807, 2.05) is 19.1 Å². The fourth-order valence-electron chi connectivity index (χ4n) is 2.24. The highest BCUT2D eigenvalue weighted by Gasteiger charge is 2.35. The van der Waals surface area contributed by atoms with Gasteiger partial charge in [0.1, 0.15) is 4.32 Å². The molecule has 1 aromatic rings. The maximum Gasteiger partial charge on any atom is 0.239 e. The molecule has 114 valence electrons. The van der Waals surface area contributed by atoms with Crippen LogP contribution in [0.15, 0.2) is 12.1 Å². The van der Waals surface area contributed by atoms with Crippen molar-refractivity contribution in [2.24, 2.45) is 0 Å². The number of amides is 1. The smallest absolute Gasteiger partial charge is 0.239 e. The lowest BCUT2D eigenvalue weighted by molar-refractivity contribution is -0.119. The summed E-state index contributed by atoms with van der Waals surface area (Å²) in [6.45, 7) is 1.98. The first-order valence-electron chi connectivity index (χ1n) is 6.33. The van der Waals surface area contributed by atoms with Gasteiger partial charge in [-0.2, -0.15) is 0 Å². The van der Waals surface area contributed by atoms with Crippen LogP contribution in [0, 0.1) is 0 Å². The van der Waals surface area contributed by atoms with Gasteiger partial charge < -0.3 is 19.5 Å². The van der Waals surface area contributed by atoms with E-state index in [9.17, 15) is 4.79 Å². The molecule has 2 atom stereocenters. The summed E-state index contributed by atoms with van der Waals surface area (Å²) in [5.74, 6) is 1.58. The SMILES string of the molecule is COc1cc(C(C)C2SC(=S)NC2=O)cc(OC)c1OC. The quantitative estimate of drug-likeness (QED) is 0.838. The van der Waals surface area contributed by atoms with Crippen LogP contribution < -0.4 is 19.5 Å². The number of rotatable bonds is 5. The van der Waals surface area contributed by atoms with Crippen molar-refractivity contribution in [3.63, 3.8) is 0 Å². The molecule has 1 aliphatic heterocycles. The van der Waals surface area contributed by atoms with E-state index in [1.165, 1.54) is 11.8 Å². The molecule has 7 heteroatoms. The van der Waals surface area contributed by atoms with Gasteiger partial charge in [-0.1, -0.05) is 30.9 Å². The van der Waals surface area contributed by atoms with Crippen molar-refractivity contribution in [1.82, 2.24) is 5.32 Å². The van der Waals surface area contributed by atoms with Gasteiger partial charge in [0, 0.05) is 5.92 Å². The molecule has 0 aromatic heterocycles. The standard InChI is InChI=1S/C14H17NO4S2/c1-7(12-13(16)15-14(20)21-12)8-5-9(17-2)11(19-4)10(6-8)18-3/h5-7,12H,1-4H3,(H,15,16,20). The van der Waals surface area contributed by atoms with Gasteiger partial charge in [-0.05, 0) is 17.7 Å². The van der Waals surface area contributed by atoms with E-state index in [2.05, 4.69) is 5.32 Å². The maximum atomic E-state index is 11.9. The van der Waals surface area contributed by atoms with E-state index in [1.54, 1.807) is 21.3 Å². The Labute approximate surface area is 133 Å². The van der Waals surface area contributed by atoms with Gasteiger partial charge in [0.25, 0.3) is 0 Å². The molecule has 1 heterocycles. The average molecular weight is 327 g/mol. The van der Waals surface area contributed by atoms with Crippen LogP contribution >= 0.6 is 24.0 Å². The second kappa shape index (κ2) is 6.53. The third-order valence-electron chi connectivity index (χ3n) is 3.38. The Kier molecular flexibility index (Phi) is 4.95. The molecule has 1 fully saturated rings. The fraction of sp³-hybridized carbons (Fsp3) is 0.429. The van der Waals surface area contributed by atoms with Gasteiger partial charge >= 0.3 is 0 Å². The lowest BCUT2D eigenvalue weighted by Crippen LogP contribution is -2.27. The summed E-state index contributed by atoms with van der Waals surface area (Å²) in [6, 6.07) is 3.72. The van der Waals surface area contributed by atoms with E-state index in [-0.39, 0.29) is 17.1 Å². The number of carbonyl (C=O) groups excluding carboxylic acids is 1. The third-order valence-corrected chi connectivity index (χ3v) is 4.97. The first kappa shape index (κ1) is 15.9. The van der Waals surface area contributed by atoms with E-state index in [4.69, 9.17) is 26.4 Å². The molecule has 1 aromatic carbocycles. The Hall–Kier alpha value is -1.47. The highest BCUT2D eigenvalue weighted by atomic mass is 32.2. The number of methoxy groups -OCH3 is 3. The molecule has 1 aliphatic rings. The number of hydrogen-bond acceptors (Lipinski definition) is 6. The second-order valence-electron chi connectivity index (χ2n) is 4.56. The summed E-state index contributed by atoms with van der Waals surface area (Å²) < 4.78 is 16.5. The molecule has 2 rings (SSSR count). The Morgan fingerprint density at radius 3 is 2.14 bits per heavy atom. The molecule has 1 amide bonds. The van der Waals surface area contributed by atoms with Crippen LogP contribution in [0.3, 0.4) is 0 Å². The summed E-state index contributed by atoms with van der Waals surface area (Å²) in [4.78, 5) is 11.9. The molecule has 21 heavy (non-hydrogen) atoms. The summed E-state index contributed by atoms with van der Waals surface area (Å²) in [7, 11) is 4.69.